The first kappa shape index (κ1) is 17.5. The average molecular weight is 373 g/mol. The molecule has 3 atom stereocenters. The number of carbonyl (C=O) groups is 1. The summed E-state index contributed by atoms with van der Waals surface area (Å²) in [6.45, 7) is 2.25. The Morgan fingerprint density at radius 2 is 2.19 bits per heavy atom. The number of thioether (sulfide) groups is 1. The molecule has 0 unspecified atom stereocenters. The number of aliphatic hydroxyl groups is 1. The molecule has 0 spiro atoms. The number of aliphatic hydroxyl groups excluding tert-OH is 1. The Morgan fingerprint density at radius 3 is 2.88 bits per heavy atom. The lowest BCUT2D eigenvalue weighted by Gasteiger charge is -2.34. The number of hydrogen-bond acceptors (Lipinski definition) is 6. The molecule has 2 aliphatic rings. The topological polar surface area (TPSA) is 79.5 Å². The van der Waals surface area contributed by atoms with E-state index in [-0.39, 0.29) is 30.0 Å². The molecule has 1 N–H and O–H groups in total. The van der Waals surface area contributed by atoms with Gasteiger partial charge in [0.15, 0.2) is 10.9 Å². The van der Waals surface area contributed by atoms with E-state index in [1.165, 1.54) is 11.8 Å². The maximum atomic E-state index is 13.0. The smallest absolute Gasteiger partial charge is 0.290 e. The summed E-state index contributed by atoms with van der Waals surface area (Å²) in [4.78, 5) is 23.3. The van der Waals surface area contributed by atoms with Gasteiger partial charge in [0, 0.05) is 29.9 Å². The van der Waals surface area contributed by atoms with Gasteiger partial charge in [0.05, 0.1) is 12.4 Å². The Balaban J connectivity index is 1.45. The van der Waals surface area contributed by atoms with Gasteiger partial charge in [0.1, 0.15) is 5.76 Å². The maximum Gasteiger partial charge on any atom is 0.290 e. The van der Waals surface area contributed by atoms with Crippen LogP contribution in [-0.2, 0) is 5.75 Å². The van der Waals surface area contributed by atoms with E-state index in [1.807, 2.05) is 11.0 Å². The predicted molar refractivity (Wildman–Crippen MR) is 97.7 cm³/mol. The molecule has 26 heavy (non-hydrogen) atoms. The van der Waals surface area contributed by atoms with E-state index >= 15 is 0 Å². The van der Waals surface area contributed by atoms with Crippen molar-refractivity contribution in [1.82, 2.24) is 14.9 Å². The molecule has 4 rings (SSSR count). The summed E-state index contributed by atoms with van der Waals surface area (Å²) in [5, 5.41) is 10.6. The summed E-state index contributed by atoms with van der Waals surface area (Å²) in [7, 11) is 0. The van der Waals surface area contributed by atoms with E-state index in [2.05, 4.69) is 16.9 Å². The van der Waals surface area contributed by atoms with Crippen molar-refractivity contribution in [2.24, 2.45) is 5.41 Å². The van der Waals surface area contributed by atoms with E-state index in [1.54, 1.807) is 24.5 Å². The molecule has 0 radical (unpaired) electrons. The highest BCUT2D eigenvalue weighted by molar-refractivity contribution is 7.98. The van der Waals surface area contributed by atoms with E-state index in [9.17, 15) is 9.90 Å². The molecule has 4 heterocycles. The SMILES string of the molecule is CC[C@@]1(CO)C[C@@H]2CC[C@H]1N2C(=O)c1ccc(CSc2ncccn2)o1. The van der Waals surface area contributed by atoms with Crippen molar-refractivity contribution in [3.63, 3.8) is 0 Å². The van der Waals surface area contributed by atoms with Gasteiger partial charge in [-0.05, 0) is 43.9 Å². The van der Waals surface area contributed by atoms with Crippen molar-refractivity contribution in [2.75, 3.05) is 6.61 Å². The van der Waals surface area contributed by atoms with Gasteiger partial charge in [0.2, 0.25) is 0 Å². The second kappa shape index (κ2) is 7.04. The third-order valence-corrected chi connectivity index (χ3v) is 6.76. The summed E-state index contributed by atoms with van der Waals surface area (Å²) in [5.41, 5.74) is -0.144. The van der Waals surface area contributed by atoms with Gasteiger partial charge in [-0.15, -0.1) is 0 Å². The van der Waals surface area contributed by atoms with Gasteiger partial charge in [-0.3, -0.25) is 4.79 Å². The first-order chi connectivity index (χ1) is 12.7. The normalized spacial score (nSPS) is 27.2. The third kappa shape index (κ3) is 2.93. The van der Waals surface area contributed by atoms with Crippen LogP contribution in [0.25, 0.3) is 0 Å². The van der Waals surface area contributed by atoms with Crippen LogP contribution in [0.5, 0.6) is 0 Å². The lowest BCUT2D eigenvalue weighted by atomic mass is 9.72. The zero-order chi connectivity index (χ0) is 18.1. The number of nitrogens with zero attached hydrogens (tertiary/aromatic N) is 3. The first-order valence-corrected chi connectivity index (χ1v) is 10.1. The zero-order valence-electron chi connectivity index (χ0n) is 14.8. The summed E-state index contributed by atoms with van der Waals surface area (Å²) < 4.78 is 5.81. The summed E-state index contributed by atoms with van der Waals surface area (Å²) in [6, 6.07) is 5.73. The van der Waals surface area contributed by atoms with Crippen LogP contribution >= 0.6 is 11.8 Å². The average Bonchev–Trinajstić information content (AvgIpc) is 3.40. The van der Waals surface area contributed by atoms with Crippen molar-refractivity contribution < 1.29 is 14.3 Å². The van der Waals surface area contributed by atoms with E-state index in [4.69, 9.17) is 4.42 Å². The number of rotatable bonds is 6. The molecule has 2 saturated heterocycles. The Labute approximate surface area is 157 Å². The molecule has 2 bridgehead atoms. The van der Waals surface area contributed by atoms with Crippen molar-refractivity contribution in [3.8, 4) is 0 Å². The Bertz CT molecular complexity index is 775. The largest absolute Gasteiger partial charge is 0.455 e. The molecule has 2 aromatic rings. The number of hydrogen-bond donors (Lipinski definition) is 1. The molecule has 2 aliphatic heterocycles. The van der Waals surface area contributed by atoms with Crippen LogP contribution in [0.1, 0.15) is 48.9 Å². The number of carbonyl (C=O) groups excluding carboxylic acids is 1. The van der Waals surface area contributed by atoms with Crippen LogP contribution in [0.15, 0.2) is 40.2 Å². The minimum atomic E-state index is -0.144. The molecule has 1 amide bonds. The van der Waals surface area contributed by atoms with Gasteiger partial charge in [-0.2, -0.15) is 0 Å². The second-order valence-corrected chi connectivity index (χ2v) is 8.07. The van der Waals surface area contributed by atoms with E-state index < -0.39 is 0 Å². The Kier molecular flexibility index (Phi) is 4.75. The highest BCUT2D eigenvalue weighted by atomic mass is 32.2. The van der Waals surface area contributed by atoms with Crippen LogP contribution in [0.4, 0.5) is 0 Å². The van der Waals surface area contributed by atoms with Crippen molar-refractivity contribution in [3.05, 3.63) is 42.1 Å². The minimum absolute atomic E-state index is 0.0477. The minimum Gasteiger partial charge on any atom is -0.455 e. The maximum absolute atomic E-state index is 13.0. The summed E-state index contributed by atoms with van der Waals surface area (Å²) >= 11 is 1.48. The zero-order valence-corrected chi connectivity index (χ0v) is 15.6. The van der Waals surface area contributed by atoms with Gasteiger partial charge >= 0.3 is 0 Å². The Morgan fingerprint density at radius 1 is 1.38 bits per heavy atom. The second-order valence-electron chi connectivity index (χ2n) is 7.12. The van der Waals surface area contributed by atoms with Crippen molar-refractivity contribution in [1.29, 1.82) is 0 Å². The van der Waals surface area contributed by atoms with Crippen LogP contribution in [0, 0.1) is 5.41 Å². The van der Waals surface area contributed by atoms with E-state index in [0.717, 1.165) is 31.4 Å². The van der Waals surface area contributed by atoms with Crippen molar-refractivity contribution in [2.45, 2.75) is 55.6 Å². The molecule has 0 aromatic carbocycles. The van der Waals surface area contributed by atoms with Crippen LogP contribution in [0.2, 0.25) is 0 Å². The van der Waals surface area contributed by atoms with Gasteiger partial charge in [0.25, 0.3) is 5.91 Å². The fraction of sp³-hybridized carbons (Fsp3) is 0.526. The number of furan rings is 1. The molecular weight excluding hydrogens is 350 g/mol. The van der Waals surface area contributed by atoms with Crippen LogP contribution < -0.4 is 0 Å². The summed E-state index contributed by atoms with van der Waals surface area (Å²) in [5.74, 6) is 1.66. The number of amides is 1. The molecule has 2 fully saturated rings. The monoisotopic (exact) mass is 373 g/mol. The molecule has 2 aromatic heterocycles. The summed E-state index contributed by atoms with van der Waals surface area (Å²) in [6.07, 6.45) is 7.19. The Hall–Kier alpha value is -1.86. The van der Waals surface area contributed by atoms with Gasteiger partial charge < -0.3 is 14.4 Å². The lowest BCUT2D eigenvalue weighted by molar-refractivity contribution is 0.0533. The molecule has 7 heteroatoms. The molecule has 138 valence electrons. The first-order valence-electron chi connectivity index (χ1n) is 9.09. The molecular formula is C19H23N3O3S. The lowest BCUT2D eigenvalue weighted by Crippen LogP contribution is -2.42. The number of aromatic nitrogens is 2. The van der Waals surface area contributed by atoms with Gasteiger partial charge in [-0.25, -0.2) is 9.97 Å². The van der Waals surface area contributed by atoms with Crippen molar-refractivity contribution >= 4 is 17.7 Å². The molecule has 0 aliphatic carbocycles. The fourth-order valence-electron chi connectivity index (χ4n) is 4.45. The van der Waals surface area contributed by atoms with Crippen LogP contribution in [-0.4, -0.2) is 44.6 Å². The highest BCUT2D eigenvalue weighted by Gasteiger charge is 2.56. The number of fused-ring (bicyclic) bond motifs is 2. The van der Waals surface area contributed by atoms with Gasteiger partial charge in [-0.1, -0.05) is 18.7 Å². The predicted octanol–water partition coefficient (Wildman–Crippen LogP) is 3.13. The molecule has 6 nitrogen and oxygen atoms in total. The van der Waals surface area contributed by atoms with Crippen LogP contribution in [0.3, 0.4) is 0 Å². The highest BCUT2D eigenvalue weighted by Crippen LogP contribution is 2.51. The van der Waals surface area contributed by atoms with E-state index in [0.29, 0.717) is 16.7 Å². The standard InChI is InChI=1S/C19H23N3O3S/c1-2-19(12-23)10-13-4-7-16(19)22(13)17(24)15-6-5-14(25-15)11-26-18-20-8-3-9-21-18/h3,5-6,8-9,13,16,23H,2,4,7,10-12H2,1H3/t13-,16+,19-/m0/s1. The fourth-order valence-corrected chi connectivity index (χ4v) is 5.15. The molecule has 0 saturated carbocycles. The third-order valence-electron chi connectivity index (χ3n) is 5.86. The quantitative estimate of drug-likeness (QED) is 0.619.